The van der Waals surface area contributed by atoms with E-state index in [0.717, 1.165) is 21.3 Å². The average molecular weight is 376 g/mol. The second-order valence-corrected chi connectivity index (χ2v) is 6.27. The predicted molar refractivity (Wildman–Crippen MR) is 93.4 cm³/mol. The van der Waals surface area contributed by atoms with Crippen molar-refractivity contribution in [3.05, 3.63) is 52.0 Å². The van der Waals surface area contributed by atoms with Gasteiger partial charge < -0.3 is 14.8 Å². The van der Waals surface area contributed by atoms with Crippen molar-refractivity contribution < 1.29 is 14.3 Å². The lowest BCUT2D eigenvalue weighted by Gasteiger charge is -2.16. The van der Waals surface area contributed by atoms with Gasteiger partial charge in [0.1, 0.15) is 0 Å². The molecule has 2 aromatic carbocycles. The fourth-order valence-electron chi connectivity index (χ4n) is 2.91. The molecule has 1 amide bonds. The average Bonchev–Trinajstić information content (AvgIpc) is 2.84. The highest BCUT2D eigenvalue weighted by atomic mass is 79.9. The van der Waals surface area contributed by atoms with Crippen molar-refractivity contribution in [3.8, 4) is 11.5 Å². The molecule has 5 heteroatoms. The van der Waals surface area contributed by atoms with Gasteiger partial charge in [-0.2, -0.15) is 0 Å². The minimum Gasteiger partial charge on any atom is -0.493 e. The summed E-state index contributed by atoms with van der Waals surface area (Å²) in [5.41, 5.74) is 2.86. The van der Waals surface area contributed by atoms with Crippen LogP contribution >= 0.6 is 15.9 Å². The van der Waals surface area contributed by atoms with E-state index < -0.39 is 0 Å². The summed E-state index contributed by atoms with van der Waals surface area (Å²) in [7, 11) is 1.62. The molecule has 3 rings (SSSR count). The van der Waals surface area contributed by atoms with Gasteiger partial charge in [-0.3, -0.25) is 4.79 Å². The number of fused-ring (bicyclic) bond motifs is 1. The molecule has 0 aromatic heterocycles. The zero-order valence-corrected chi connectivity index (χ0v) is 14.6. The SMILES string of the molecule is CCOc1c(C[C@@H]2C(=O)Nc3ccc(Br)cc32)cccc1OC. The van der Waals surface area contributed by atoms with E-state index in [9.17, 15) is 4.79 Å². The summed E-state index contributed by atoms with van der Waals surface area (Å²) in [4.78, 5) is 12.4. The van der Waals surface area contributed by atoms with E-state index in [2.05, 4.69) is 21.2 Å². The fraction of sp³-hybridized carbons (Fsp3) is 0.278. The highest BCUT2D eigenvalue weighted by Gasteiger charge is 2.31. The van der Waals surface area contributed by atoms with E-state index in [1.165, 1.54) is 0 Å². The summed E-state index contributed by atoms with van der Waals surface area (Å²) in [5, 5.41) is 2.94. The Hall–Kier alpha value is -2.01. The van der Waals surface area contributed by atoms with Gasteiger partial charge in [-0.1, -0.05) is 28.1 Å². The van der Waals surface area contributed by atoms with Crippen LogP contribution in [-0.4, -0.2) is 19.6 Å². The second-order valence-electron chi connectivity index (χ2n) is 5.36. The zero-order valence-electron chi connectivity index (χ0n) is 13.1. The molecular weight excluding hydrogens is 358 g/mol. The number of nitrogens with one attached hydrogen (secondary N) is 1. The number of benzene rings is 2. The van der Waals surface area contributed by atoms with E-state index >= 15 is 0 Å². The van der Waals surface area contributed by atoms with Gasteiger partial charge in [-0.15, -0.1) is 0 Å². The van der Waals surface area contributed by atoms with Crippen molar-refractivity contribution in [2.45, 2.75) is 19.3 Å². The summed E-state index contributed by atoms with van der Waals surface area (Å²) in [6.07, 6.45) is 0.571. The van der Waals surface area contributed by atoms with Crippen LogP contribution in [0.15, 0.2) is 40.9 Å². The summed E-state index contributed by atoms with van der Waals surface area (Å²) >= 11 is 3.48. The molecule has 0 saturated carbocycles. The monoisotopic (exact) mass is 375 g/mol. The number of rotatable bonds is 5. The lowest BCUT2D eigenvalue weighted by molar-refractivity contribution is -0.117. The molecule has 23 heavy (non-hydrogen) atoms. The summed E-state index contributed by atoms with van der Waals surface area (Å²) in [6.45, 7) is 2.48. The number of carbonyl (C=O) groups excluding carboxylic acids is 1. The molecule has 0 saturated heterocycles. The van der Waals surface area contributed by atoms with Gasteiger partial charge in [0, 0.05) is 10.2 Å². The van der Waals surface area contributed by atoms with Crippen LogP contribution in [0.1, 0.15) is 24.0 Å². The lowest BCUT2D eigenvalue weighted by Crippen LogP contribution is -2.15. The third-order valence-electron chi connectivity index (χ3n) is 3.96. The number of carbonyl (C=O) groups is 1. The minimum atomic E-state index is -0.228. The summed E-state index contributed by atoms with van der Waals surface area (Å²) in [6, 6.07) is 11.6. The Kier molecular flexibility index (Phi) is 4.57. The predicted octanol–water partition coefficient (Wildman–Crippen LogP) is 4.13. The molecule has 4 nitrogen and oxygen atoms in total. The molecule has 2 aromatic rings. The number of anilines is 1. The Morgan fingerprint density at radius 3 is 2.83 bits per heavy atom. The molecule has 0 spiro atoms. The highest BCUT2D eigenvalue weighted by Crippen LogP contribution is 2.40. The molecule has 0 unspecified atom stereocenters. The maximum absolute atomic E-state index is 12.4. The first-order chi connectivity index (χ1) is 11.1. The highest BCUT2D eigenvalue weighted by molar-refractivity contribution is 9.10. The van der Waals surface area contributed by atoms with Gasteiger partial charge >= 0.3 is 0 Å². The smallest absolute Gasteiger partial charge is 0.232 e. The van der Waals surface area contributed by atoms with Crippen LogP contribution in [0.3, 0.4) is 0 Å². The van der Waals surface area contributed by atoms with Gasteiger partial charge in [0.15, 0.2) is 11.5 Å². The quantitative estimate of drug-likeness (QED) is 0.854. The molecule has 1 heterocycles. The molecule has 0 bridgehead atoms. The van der Waals surface area contributed by atoms with E-state index in [4.69, 9.17) is 9.47 Å². The molecule has 1 aliphatic heterocycles. The number of ether oxygens (including phenoxy) is 2. The molecule has 1 atom stereocenters. The number of hydrogen-bond acceptors (Lipinski definition) is 3. The molecule has 0 aliphatic carbocycles. The van der Waals surface area contributed by atoms with Crippen LogP contribution < -0.4 is 14.8 Å². The standard InChI is InChI=1S/C18H18BrNO3/c1-3-23-17-11(5-4-6-16(17)22-2)9-14-13-10-12(19)7-8-15(13)20-18(14)21/h4-8,10,14H,3,9H2,1-2H3,(H,20,21)/t14-/m0/s1. The van der Waals surface area contributed by atoms with Crippen molar-refractivity contribution in [3.63, 3.8) is 0 Å². The van der Waals surface area contributed by atoms with E-state index in [0.29, 0.717) is 24.5 Å². The van der Waals surface area contributed by atoms with Gasteiger partial charge in [-0.25, -0.2) is 0 Å². The normalized spacial score (nSPS) is 16.0. The van der Waals surface area contributed by atoms with Crippen LogP contribution in [0.25, 0.3) is 0 Å². The van der Waals surface area contributed by atoms with Crippen LogP contribution in [0.5, 0.6) is 11.5 Å². The summed E-state index contributed by atoms with van der Waals surface area (Å²) in [5.74, 6) is 1.20. The van der Waals surface area contributed by atoms with Crippen LogP contribution in [0.4, 0.5) is 5.69 Å². The first kappa shape index (κ1) is 15.9. The molecule has 0 radical (unpaired) electrons. The second kappa shape index (κ2) is 6.62. The van der Waals surface area contributed by atoms with Crippen molar-refractivity contribution >= 4 is 27.5 Å². The maximum Gasteiger partial charge on any atom is 0.232 e. The first-order valence-corrected chi connectivity index (χ1v) is 8.32. The Morgan fingerprint density at radius 2 is 2.09 bits per heavy atom. The van der Waals surface area contributed by atoms with Gasteiger partial charge in [-0.05, 0) is 48.7 Å². The van der Waals surface area contributed by atoms with Gasteiger partial charge in [0.25, 0.3) is 0 Å². The lowest BCUT2D eigenvalue weighted by atomic mass is 9.92. The number of amides is 1. The first-order valence-electron chi connectivity index (χ1n) is 7.53. The van der Waals surface area contributed by atoms with Crippen molar-refractivity contribution in [2.24, 2.45) is 0 Å². The Morgan fingerprint density at radius 1 is 1.26 bits per heavy atom. The third kappa shape index (κ3) is 3.06. The number of methoxy groups -OCH3 is 1. The minimum absolute atomic E-state index is 0.0170. The van der Waals surface area contributed by atoms with E-state index in [-0.39, 0.29) is 11.8 Å². The van der Waals surface area contributed by atoms with Crippen LogP contribution in [0, 0.1) is 0 Å². The topological polar surface area (TPSA) is 47.6 Å². The molecular formula is C18H18BrNO3. The molecule has 120 valence electrons. The van der Waals surface area contributed by atoms with Gasteiger partial charge in [0.2, 0.25) is 5.91 Å². The fourth-order valence-corrected chi connectivity index (χ4v) is 3.29. The number of para-hydroxylation sites is 1. The van der Waals surface area contributed by atoms with Crippen molar-refractivity contribution in [1.29, 1.82) is 0 Å². The molecule has 0 fully saturated rings. The molecule has 1 aliphatic rings. The molecule has 1 N–H and O–H groups in total. The largest absolute Gasteiger partial charge is 0.493 e. The number of hydrogen-bond donors (Lipinski definition) is 1. The van der Waals surface area contributed by atoms with Crippen LogP contribution in [0.2, 0.25) is 0 Å². The van der Waals surface area contributed by atoms with Crippen molar-refractivity contribution in [1.82, 2.24) is 0 Å². The Bertz CT molecular complexity index is 745. The van der Waals surface area contributed by atoms with Gasteiger partial charge in [0.05, 0.1) is 19.6 Å². The van der Waals surface area contributed by atoms with E-state index in [1.807, 2.05) is 43.3 Å². The Balaban J connectivity index is 1.97. The summed E-state index contributed by atoms with van der Waals surface area (Å²) < 4.78 is 12.1. The Labute approximate surface area is 143 Å². The van der Waals surface area contributed by atoms with Crippen molar-refractivity contribution in [2.75, 3.05) is 19.0 Å². The van der Waals surface area contributed by atoms with Crippen LogP contribution in [-0.2, 0) is 11.2 Å². The van der Waals surface area contributed by atoms with E-state index in [1.54, 1.807) is 7.11 Å². The maximum atomic E-state index is 12.4. The zero-order chi connectivity index (χ0) is 16.4. The third-order valence-corrected chi connectivity index (χ3v) is 4.45. The number of halogens is 1.